The standard InChI is InChI=1S/C26H25FN6O4/c1-35-21-4-2-3-5-22(21)37-26(34)32-10-8-18(9-11-32)33-12-13-36-23-24(29-16-30-25(23)33)31-20-7-6-17(15-28)14-19(20)27/h2-7,14,16,18H,8-13H2,1H3,(H,29,30,31). The Morgan fingerprint density at radius 3 is 2.68 bits per heavy atom. The van der Waals surface area contributed by atoms with Crippen LogP contribution in [-0.4, -0.2) is 60.4 Å². The maximum Gasteiger partial charge on any atom is 0.415 e. The molecule has 3 aromatic rings. The summed E-state index contributed by atoms with van der Waals surface area (Å²) in [6, 6.07) is 13.3. The van der Waals surface area contributed by atoms with Crippen LogP contribution in [0.1, 0.15) is 18.4 Å². The zero-order valence-corrected chi connectivity index (χ0v) is 20.2. The lowest BCUT2D eigenvalue weighted by molar-refractivity contribution is 0.135. The van der Waals surface area contributed by atoms with Crippen molar-refractivity contribution in [2.24, 2.45) is 0 Å². The van der Waals surface area contributed by atoms with E-state index in [9.17, 15) is 9.18 Å². The van der Waals surface area contributed by atoms with E-state index in [-0.39, 0.29) is 17.3 Å². The third kappa shape index (κ3) is 5.04. The van der Waals surface area contributed by atoms with Gasteiger partial charge in [0.2, 0.25) is 5.75 Å². The van der Waals surface area contributed by atoms with E-state index >= 15 is 0 Å². The van der Waals surface area contributed by atoms with Crippen molar-refractivity contribution in [2.75, 3.05) is 43.6 Å². The summed E-state index contributed by atoms with van der Waals surface area (Å²) in [4.78, 5) is 25.3. The molecule has 2 aliphatic rings. The summed E-state index contributed by atoms with van der Waals surface area (Å²) in [7, 11) is 1.53. The lowest BCUT2D eigenvalue weighted by Gasteiger charge is -2.41. The second-order valence-corrected chi connectivity index (χ2v) is 8.59. The third-order valence-corrected chi connectivity index (χ3v) is 6.42. The summed E-state index contributed by atoms with van der Waals surface area (Å²) < 4.78 is 31.1. The number of anilines is 3. The van der Waals surface area contributed by atoms with Crippen LogP contribution in [0.4, 0.5) is 26.5 Å². The molecule has 0 radical (unpaired) electrons. The molecule has 0 atom stereocenters. The first-order valence-electron chi connectivity index (χ1n) is 11.9. The van der Waals surface area contributed by atoms with Gasteiger partial charge in [-0.15, -0.1) is 0 Å². The molecule has 2 aromatic carbocycles. The Balaban J connectivity index is 1.26. The van der Waals surface area contributed by atoms with Crippen molar-refractivity contribution >= 4 is 23.4 Å². The van der Waals surface area contributed by atoms with Gasteiger partial charge < -0.3 is 29.3 Å². The van der Waals surface area contributed by atoms with Gasteiger partial charge in [-0.3, -0.25) is 0 Å². The summed E-state index contributed by atoms with van der Waals surface area (Å²) in [5, 5.41) is 11.9. The van der Waals surface area contributed by atoms with Crippen molar-refractivity contribution in [1.82, 2.24) is 14.9 Å². The highest BCUT2D eigenvalue weighted by atomic mass is 19.1. The predicted molar refractivity (Wildman–Crippen MR) is 133 cm³/mol. The smallest absolute Gasteiger partial charge is 0.415 e. The fourth-order valence-corrected chi connectivity index (χ4v) is 4.53. The molecule has 10 nitrogen and oxygen atoms in total. The van der Waals surface area contributed by atoms with Gasteiger partial charge >= 0.3 is 6.09 Å². The molecule has 2 aliphatic heterocycles. The Bertz CT molecular complexity index is 1340. The van der Waals surface area contributed by atoms with Crippen molar-refractivity contribution in [3.63, 3.8) is 0 Å². The Morgan fingerprint density at radius 1 is 1.16 bits per heavy atom. The first kappa shape index (κ1) is 24.1. The van der Waals surface area contributed by atoms with Gasteiger partial charge in [-0.1, -0.05) is 12.1 Å². The number of rotatable bonds is 5. The molecule has 0 unspecified atom stereocenters. The topological polar surface area (TPSA) is 113 Å². The number of fused-ring (bicyclic) bond motifs is 1. The number of likely N-dealkylation sites (tertiary alicyclic amines) is 1. The molecule has 1 fully saturated rings. The number of halogens is 1. The van der Waals surface area contributed by atoms with E-state index in [2.05, 4.69) is 20.2 Å². The van der Waals surface area contributed by atoms with Gasteiger partial charge in [-0.2, -0.15) is 5.26 Å². The maximum absolute atomic E-state index is 14.4. The lowest BCUT2D eigenvalue weighted by atomic mass is 10.0. The van der Waals surface area contributed by atoms with E-state index in [1.165, 1.54) is 25.6 Å². The third-order valence-electron chi connectivity index (χ3n) is 6.42. The van der Waals surface area contributed by atoms with Gasteiger partial charge in [-0.05, 0) is 43.2 Å². The number of nitrogens with one attached hydrogen (secondary N) is 1. The first-order chi connectivity index (χ1) is 18.1. The molecule has 0 saturated carbocycles. The molecule has 0 bridgehead atoms. The summed E-state index contributed by atoms with van der Waals surface area (Å²) in [5.41, 5.74) is 0.413. The molecule has 0 aliphatic carbocycles. The van der Waals surface area contributed by atoms with Gasteiger partial charge in [0.25, 0.3) is 0 Å². The summed E-state index contributed by atoms with van der Waals surface area (Å²) in [6.07, 6.45) is 2.43. The molecule has 0 spiro atoms. The molecule has 1 N–H and O–H groups in total. The molecule has 1 aromatic heterocycles. The normalized spacial score (nSPS) is 15.3. The number of hydrogen-bond donors (Lipinski definition) is 1. The number of nitriles is 1. The zero-order valence-electron chi connectivity index (χ0n) is 20.2. The monoisotopic (exact) mass is 504 g/mol. The molecule has 5 rings (SSSR count). The number of carbonyl (C=O) groups excluding carboxylic acids is 1. The molecular formula is C26H25FN6O4. The highest BCUT2D eigenvalue weighted by Crippen LogP contribution is 2.39. The molecule has 1 saturated heterocycles. The quantitative estimate of drug-likeness (QED) is 0.549. The number of ether oxygens (including phenoxy) is 3. The molecule has 3 heterocycles. The summed E-state index contributed by atoms with van der Waals surface area (Å²) >= 11 is 0. The number of hydrogen-bond acceptors (Lipinski definition) is 9. The number of methoxy groups -OCH3 is 1. The number of aromatic nitrogens is 2. The van der Waals surface area contributed by atoms with Crippen molar-refractivity contribution < 1.29 is 23.4 Å². The molecular weight excluding hydrogens is 479 g/mol. The number of para-hydroxylation sites is 2. The van der Waals surface area contributed by atoms with E-state index in [1.54, 1.807) is 23.1 Å². The summed E-state index contributed by atoms with van der Waals surface area (Å²) in [5.74, 6) is 1.72. The second kappa shape index (κ2) is 10.6. The summed E-state index contributed by atoms with van der Waals surface area (Å²) in [6.45, 7) is 2.10. The second-order valence-electron chi connectivity index (χ2n) is 8.59. The van der Waals surface area contributed by atoms with Gasteiger partial charge in [0.15, 0.2) is 23.1 Å². The number of piperidine rings is 1. The molecule has 1 amide bonds. The Kier molecular flexibility index (Phi) is 6.89. The van der Waals surface area contributed by atoms with Gasteiger partial charge in [0.05, 0.1) is 31.0 Å². The van der Waals surface area contributed by atoms with Crippen LogP contribution in [0.25, 0.3) is 0 Å². The zero-order chi connectivity index (χ0) is 25.8. The number of benzene rings is 2. The Hall–Kier alpha value is -4.59. The van der Waals surface area contributed by atoms with Gasteiger partial charge in [0.1, 0.15) is 18.8 Å². The van der Waals surface area contributed by atoms with Crippen LogP contribution < -0.4 is 24.4 Å². The van der Waals surface area contributed by atoms with Gasteiger partial charge in [-0.25, -0.2) is 19.2 Å². The van der Waals surface area contributed by atoms with Crippen LogP contribution in [0.5, 0.6) is 17.2 Å². The maximum atomic E-state index is 14.4. The number of nitrogens with zero attached hydrogens (tertiary/aromatic N) is 5. The van der Waals surface area contributed by atoms with Crippen LogP contribution in [0.2, 0.25) is 0 Å². The fourth-order valence-electron chi connectivity index (χ4n) is 4.53. The lowest BCUT2D eigenvalue weighted by Crippen LogP contribution is -2.50. The Morgan fingerprint density at radius 2 is 1.95 bits per heavy atom. The van der Waals surface area contributed by atoms with Crippen LogP contribution in [0, 0.1) is 17.1 Å². The van der Waals surface area contributed by atoms with E-state index in [4.69, 9.17) is 19.5 Å². The van der Waals surface area contributed by atoms with Crippen LogP contribution >= 0.6 is 0 Å². The fraction of sp³-hybridized carbons (Fsp3) is 0.308. The van der Waals surface area contributed by atoms with Crippen molar-refractivity contribution in [1.29, 1.82) is 5.26 Å². The van der Waals surface area contributed by atoms with Crippen molar-refractivity contribution in [3.05, 3.63) is 60.2 Å². The van der Waals surface area contributed by atoms with Crippen LogP contribution in [-0.2, 0) is 0 Å². The highest BCUT2D eigenvalue weighted by molar-refractivity contribution is 5.73. The van der Waals surface area contributed by atoms with Crippen molar-refractivity contribution in [3.8, 4) is 23.3 Å². The van der Waals surface area contributed by atoms with E-state index in [0.717, 1.165) is 18.9 Å². The minimum absolute atomic E-state index is 0.132. The van der Waals surface area contributed by atoms with Crippen LogP contribution in [0.3, 0.4) is 0 Å². The van der Waals surface area contributed by atoms with E-state index in [0.29, 0.717) is 55.1 Å². The largest absolute Gasteiger partial charge is 0.493 e. The predicted octanol–water partition coefficient (Wildman–Crippen LogP) is 4.10. The van der Waals surface area contributed by atoms with Crippen molar-refractivity contribution in [2.45, 2.75) is 18.9 Å². The highest BCUT2D eigenvalue weighted by Gasteiger charge is 2.33. The average Bonchev–Trinajstić information content (AvgIpc) is 2.94. The minimum atomic E-state index is -0.563. The number of amides is 1. The molecule has 190 valence electrons. The average molecular weight is 505 g/mol. The molecule has 37 heavy (non-hydrogen) atoms. The molecule has 11 heteroatoms. The Labute approximate surface area is 213 Å². The SMILES string of the molecule is COc1ccccc1OC(=O)N1CCC(N2CCOc3c(Nc4ccc(C#N)cc4F)ncnc32)CC1. The number of carbonyl (C=O) groups is 1. The van der Waals surface area contributed by atoms with E-state index in [1.807, 2.05) is 12.1 Å². The minimum Gasteiger partial charge on any atom is -0.493 e. The first-order valence-corrected chi connectivity index (χ1v) is 11.9. The van der Waals surface area contributed by atoms with E-state index < -0.39 is 11.9 Å². The van der Waals surface area contributed by atoms with Crippen LogP contribution in [0.15, 0.2) is 48.8 Å². The van der Waals surface area contributed by atoms with Gasteiger partial charge in [0, 0.05) is 19.1 Å².